The summed E-state index contributed by atoms with van der Waals surface area (Å²) >= 11 is 0. The van der Waals surface area contributed by atoms with E-state index in [1.54, 1.807) is 4.57 Å². The number of H-pyrrole nitrogens is 1. The molecule has 2 aliphatic rings. The van der Waals surface area contributed by atoms with Gasteiger partial charge in [0.05, 0.1) is 6.33 Å². The minimum Gasteiger partial charge on any atom is -0.339 e. The second kappa shape index (κ2) is 2.88. The molecular formula is C11H12N4O2. The predicted molar refractivity (Wildman–Crippen MR) is 61.2 cm³/mol. The van der Waals surface area contributed by atoms with Gasteiger partial charge in [-0.15, -0.1) is 0 Å². The number of imidazole rings is 1. The number of nitrogens with zero attached hydrogens (tertiary/aromatic N) is 3. The molecule has 17 heavy (non-hydrogen) atoms. The molecule has 2 aromatic rings. The Hall–Kier alpha value is -1.85. The highest BCUT2D eigenvalue weighted by molar-refractivity contribution is 5.69. The smallest absolute Gasteiger partial charge is 0.333 e. The molecule has 88 valence electrons. The third-order valence-corrected chi connectivity index (χ3v) is 3.52. The zero-order chi connectivity index (χ0) is 11.6. The highest BCUT2D eigenvalue weighted by Crippen LogP contribution is 2.36. The van der Waals surface area contributed by atoms with E-state index in [9.17, 15) is 9.59 Å². The Morgan fingerprint density at radius 2 is 1.76 bits per heavy atom. The molecule has 0 unspecified atom stereocenters. The van der Waals surface area contributed by atoms with Crippen molar-refractivity contribution in [3.8, 4) is 0 Å². The molecule has 0 spiro atoms. The molecule has 4 rings (SSSR count). The number of fused-ring (bicyclic) bond motifs is 1. The maximum Gasteiger partial charge on any atom is 0.333 e. The van der Waals surface area contributed by atoms with Crippen LogP contribution < -0.4 is 11.2 Å². The van der Waals surface area contributed by atoms with Gasteiger partial charge < -0.3 is 4.98 Å². The van der Waals surface area contributed by atoms with E-state index in [1.807, 2.05) is 0 Å². The van der Waals surface area contributed by atoms with E-state index in [-0.39, 0.29) is 23.3 Å². The molecule has 0 aliphatic heterocycles. The number of nitrogens with one attached hydrogen (secondary N) is 1. The molecule has 0 aromatic carbocycles. The first-order valence-corrected chi connectivity index (χ1v) is 5.97. The van der Waals surface area contributed by atoms with Gasteiger partial charge in [-0.2, -0.15) is 0 Å². The van der Waals surface area contributed by atoms with Crippen LogP contribution in [-0.2, 0) is 0 Å². The largest absolute Gasteiger partial charge is 0.339 e. The molecule has 6 nitrogen and oxygen atoms in total. The van der Waals surface area contributed by atoms with E-state index >= 15 is 0 Å². The monoisotopic (exact) mass is 232 g/mol. The van der Waals surface area contributed by atoms with Crippen molar-refractivity contribution in [1.29, 1.82) is 0 Å². The molecule has 2 fully saturated rings. The first-order valence-electron chi connectivity index (χ1n) is 5.97. The van der Waals surface area contributed by atoms with Crippen molar-refractivity contribution in [3.05, 3.63) is 27.2 Å². The van der Waals surface area contributed by atoms with E-state index in [2.05, 4.69) is 9.97 Å². The average Bonchev–Trinajstić information content (AvgIpc) is 3.19. The normalized spacial score (nSPS) is 20.0. The zero-order valence-corrected chi connectivity index (χ0v) is 9.22. The number of hydrogen-bond donors (Lipinski definition) is 1. The van der Waals surface area contributed by atoms with Crippen LogP contribution in [0.4, 0.5) is 0 Å². The summed E-state index contributed by atoms with van der Waals surface area (Å²) in [6, 6.07) is 0.339. The van der Waals surface area contributed by atoms with Gasteiger partial charge in [0, 0.05) is 12.1 Å². The number of hydrogen-bond acceptors (Lipinski definition) is 3. The molecule has 2 aliphatic carbocycles. The van der Waals surface area contributed by atoms with Gasteiger partial charge in [0.15, 0.2) is 5.65 Å². The predicted octanol–water partition coefficient (Wildman–Crippen LogP) is 0.556. The minimum atomic E-state index is -0.220. The third kappa shape index (κ3) is 1.18. The van der Waals surface area contributed by atoms with E-state index in [0.29, 0.717) is 11.2 Å². The summed E-state index contributed by atoms with van der Waals surface area (Å²) in [5, 5.41) is 0. The van der Waals surface area contributed by atoms with Gasteiger partial charge in [-0.1, -0.05) is 0 Å². The summed E-state index contributed by atoms with van der Waals surface area (Å²) in [7, 11) is 0. The maximum absolute atomic E-state index is 12.3. The van der Waals surface area contributed by atoms with E-state index < -0.39 is 0 Å². The van der Waals surface area contributed by atoms with Gasteiger partial charge in [-0.25, -0.2) is 9.78 Å². The number of aromatic nitrogens is 4. The molecule has 0 amide bonds. The fourth-order valence-electron chi connectivity index (χ4n) is 2.36. The van der Waals surface area contributed by atoms with Gasteiger partial charge >= 0.3 is 5.69 Å². The van der Waals surface area contributed by atoms with Crippen molar-refractivity contribution in [2.24, 2.45) is 0 Å². The average molecular weight is 232 g/mol. The van der Waals surface area contributed by atoms with Crippen molar-refractivity contribution in [2.45, 2.75) is 37.8 Å². The van der Waals surface area contributed by atoms with Crippen LogP contribution in [0.5, 0.6) is 0 Å². The Morgan fingerprint density at radius 3 is 2.41 bits per heavy atom. The third-order valence-electron chi connectivity index (χ3n) is 3.52. The molecule has 0 bridgehead atoms. The van der Waals surface area contributed by atoms with E-state index in [1.165, 1.54) is 10.9 Å². The van der Waals surface area contributed by atoms with Crippen LogP contribution in [0.1, 0.15) is 37.8 Å². The van der Waals surface area contributed by atoms with E-state index in [0.717, 1.165) is 25.7 Å². The van der Waals surface area contributed by atoms with Crippen LogP contribution in [0.2, 0.25) is 0 Å². The highest BCUT2D eigenvalue weighted by atomic mass is 16.2. The van der Waals surface area contributed by atoms with Crippen molar-refractivity contribution in [2.75, 3.05) is 0 Å². The molecule has 2 saturated carbocycles. The standard InChI is InChI=1S/C11H12N4O2/c16-10-8-9(13-5-12-8)14(6-1-2-6)11(17)15(10)7-3-4-7/h5-7H,1-4H2,(H,12,13). The van der Waals surface area contributed by atoms with Crippen LogP contribution in [0, 0.1) is 0 Å². The first-order chi connectivity index (χ1) is 8.27. The lowest BCUT2D eigenvalue weighted by Crippen LogP contribution is -2.39. The molecule has 6 heteroatoms. The molecule has 1 N–H and O–H groups in total. The SMILES string of the molecule is O=c1c2[nH]cnc2n(C2CC2)c(=O)n1C1CC1. The van der Waals surface area contributed by atoms with E-state index in [4.69, 9.17) is 0 Å². The molecule has 2 aromatic heterocycles. The Kier molecular flexibility index (Phi) is 1.56. The Bertz CT molecular complexity index is 715. The first kappa shape index (κ1) is 9.21. The van der Waals surface area contributed by atoms with Gasteiger partial charge in [-0.05, 0) is 25.7 Å². The summed E-state index contributed by atoms with van der Waals surface area (Å²) in [5.41, 5.74) is 0.573. The van der Waals surface area contributed by atoms with Gasteiger partial charge in [0.25, 0.3) is 5.56 Å². The lowest BCUT2D eigenvalue weighted by Gasteiger charge is -2.09. The summed E-state index contributed by atoms with van der Waals surface area (Å²) in [6.45, 7) is 0. The fraction of sp³-hybridized carbons (Fsp3) is 0.545. The van der Waals surface area contributed by atoms with Gasteiger partial charge in [0.1, 0.15) is 5.52 Å². The zero-order valence-electron chi connectivity index (χ0n) is 9.22. The number of aromatic amines is 1. The van der Waals surface area contributed by atoms with Crippen LogP contribution in [0.15, 0.2) is 15.9 Å². The fourth-order valence-corrected chi connectivity index (χ4v) is 2.36. The molecular weight excluding hydrogens is 220 g/mol. The quantitative estimate of drug-likeness (QED) is 0.822. The van der Waals surface area contributed by atoms with Crippen LogP contribution >= 0.6 is 0 Å². The molecule has 0 atom stereocenters. The topological polar surface area (TPSA) is 72.7 Å². The second-order valence-electron chi connectivity index (χ2n) is 4.89. The van der Waals surface area contributed by atoms with Crippen LogP contribution in [0.3, 0.4) is 0 Å². The van der Waals surface area contributed by atoms with Crippen molar-refractivity contribution >= 4 is 11.2 Å². The van der Waals surface area contributed by atoms with Crippen molar-refractivity contribution in [3.63, 3.8) is 0 Å². The maximum atomic E-state index is 12.3. The Morgan fingerprint density at radius 1 is 1.12 bits per heavy atom. The van der Waals surface area contributed by atoms with Crippen LogP contribution in [0.25, 0.3) is 11.2 Å². The lowest BCUT2D eigenvalue weighted by atomic mass is 10.4. The minimum absolute atomic E-state index is 0.104. The molecule has 2 heterocycles. The molecule has 0 radical (unpaired) electrons. The lowest BCUT2D eigenvalue weighted by molar-refractivity contribution is 0.587. The molecule has 0 saturated heterocycles. The van der Waals surface area contributed by atoms with Gasteiger partial charge in [0.2, 0.25) is 0 Å². The van der Waals surface area contributed by atoms with Gasteiger partial charge in [-0.3, -0.25) is 13.9 Å². The summed E-state index contributed by atoms with van der Waals surface area (Å²) in [4.78, 5) is 31.5. The highest BCUT2D eigenvalue weighted by Gasteiger charge is 2.33. The Balaban J connectivity index is 2.17. The second-order valence-corrected chi connectivity index (χ2v) is 4.89. The van der Waals surface area contributed by atoms with Crippen molar-refractivity contribution in [1.82, 2.24) is 19.1 Å². The summed E-state index contributed by atoms with van der Waals surface area (Å²) in [5.74, 6) is 0. The van der Waals surface area contributed by atoms with Crippen LogP contribution in [-0.4, -0.2) is 19.1 Å². The summed E-state index contributed by atoms with van der Waals surface area (Å²) in [6.07, 6.45) is 5.36. The number of rotatable bonds is 2. The Labute approximate surface area is 95.9 Å². The summed E-state index contributed by atoms with van der Waals surface area (Å²) < 4.78 is 3.09. The van der Waals surface area contributed by atoms with Crippen molar-refractivity contribution < 1.29 is 0 Å².